The maximum atomic E-state index is 5.72. The van der Waals surface area contributed by atoms with Crippen molar-refractivity contribution in [2.45, 2.75) is 26.8 Å². The summed E-state index contributed by atoms with van der Waals surface area (Å²) in [6.07, 6.45) is 0.923. The lowest BCUT2D eigenvalue weighted by molar-refractivity contribution is 0.271. The van der Waals surface area contributed by atoms with E-state index in [4.69, 9.17) is 4.74 Å². The minimum atomic E-state index is 0. The molecule has 0 atom stereocenters. The lowest BCUT2D eigenvalue weighted by Crippen LogP contribution is -2.37. The van der Waals surface area contributed by atoms with Gasteiger partial charge in [0.1, 0.15) is 5.75 Å². The number of thiazole rings is 1. The number of hydrogen-bond acceptors (Lipinski definition) is 5. The summed E-state index contributed by atoms with van der Waals surface area (Å²) in [5.41, 5.74) is 2.29. The molecule has 156 valence electrons. The Balaban J connectivity index is 0.00000392. The molecular formula is C20H32IN5OS. The van der Waals surface area contributed by atoms with Gasteiger partial charge in [-0.25, -0.2) is 4.98 Å². The van der Waals surface area contributed by atoms with Gasteiger partial charge in [0.15, 0.2) is 11.1 Å². The van der Waals surface area contributed by atoms with E-state index in [1.54, 1.807) is 18.4 Å². The standard InChI is InChI=1S/C20H31N5OS.HI/c1-15(2)13-26-18-8-6-16(7-9-18)10-11-22-19(21-3)23-12-17-14-27-20(24-17)25(4)5;/h6-9,14-15H,10-13H2,1-5H3,(H2,21,22,23);1H. The fourth-order valence-corrected chi connectivity index (χ4v) is 3.08. The van der Waals surface area contributed by atoms with Crippen LogP contribution in [-0.2, 0) is 13.0 Å². The van der Waals surface area contributed by atoms with E-state index in [-0.39, 0.29) is 24.0 Å². The molecule has 1 aromatic heterocycles. The SMILES string of the molecule is CN=C(NCCc1ccc(OCC(C)C)cc1)NCc1csc(N(C)C)n1.I. The summed E-state index contributed by atoms with van der Waals surface area (Å²) in [7, 11) is 5.78. The van der Waals surface area contributed by atoms with Gasteiger partial charge in [0.25, 0.3) is 0 Å². The molecule has 0 spiro atoms. The number of benzene rings is 1. The van der Waals surface area contributed by atoms with Crippen molar-refractivity contribution in [1.29, 1.82) is 0 Å². The van der Waals surface area contributed by atoms with E-state index < -0.39 is 0 Å². The van der Waals surface area contributed by atoms with Crippen LogP contribution < -0.4 is 20.3 Å². The fraction of sp³-hybridized carbons (Fsp3) is 0.500. The summed E-state index contributed by atoms with van der Waals surface area (Å²) in [4.78, 5) is 10.9. The average Bonchev–Trinajstić information content (AvgIpc) is 3.13. The van der Waals surface area contributed by atoms with Gasteiger partial charge in [0.2, 0.25) is 0 Å². The Kier molecular flexibility index (Phi) is 11.2. The minimum absolute atomic E-state index is 0. The van der Waals surface area contributed by atoms with E-state index in [2.05, 4.69) is 52.0 Å². The molecule has 0 fully saturated rings. The molecule has 0 aliphatic heterocycles. The number of rotatable bonds is 9. The van der Waals surface area contributed by atoms with Gasteiger partial charge < -0.3 is 20.3 Å². The Labute approximate surface area is 189 Å². The van der Waals surface area contributed by atoms with Crippen LogP contribution >= 0.6 is 35.3 Å². The number of halogens is 1. The van der Waals surface area contributed by atoms with Crippen molar-refractivity contribution in [2.75, 3.05) is 39.2 Å². The second-order valence-electron chi connectivity index (χ2n) is 6.97. The number of hydrogen-bond donors (Lipinski definition) is 2. The Morgan fingerprint density at radius 2 is 1.93 bits per heavy atom. The van der Waals surface area contributed by atoms with Gasteiger partial charge >= 0.3 is 0 Å². The first-order chi connectivity index (χ1) is 13.0. The van der Waals surface area contributed by atoms with E-state index in [1.807, 2.05) is 31.1 Å². The Hall–Kier alpha value is -1.55. The first-order valence-electron chi connectivity index (χ1n) is 9.26. The Morgan fingerprint density at radius 1 is 1.21 bits per heavy atom. The van der Waals surface area contributed by atoms with Gasteiger partial charge in [-0.15, -0.1) is 35.3 Å². The molecule has 0 saturated heterocycles. The number of ether oxygens (including phenoxy) is 1. The molecule has 1 heterocycles. The van der Waals surface area contributed by atoms with E-state index in [1.165, 1.54) is 5.56 Å². The van der Waals surface area contributed by atoms with Crippen molar-refractivity contribution >= 4 is 46.4 Å². The molecule has 0 unspecified atom stereocenters. The molecule has 0 amide bonds. The Bertz CT molecular complexity index is 716. The highest BCUT2D eigenvalue weighted by Crippen LogP contribution is 2.17. The highest BCUT2D eigenvalue weighted by atomic mass is 127. The number of nitrogens with zero attached hydrogens (tertiary/aromatic N) is 3. The van der Waals surface area contributed by atoms with Crippen LogP contribution in [0.2, 0.25) is 0 Å². The third-order valence-corrected chi connectivity index (χ3v) is 4.85. The van der Waals surface area contributed by atoms with E-state index in [0.717, 1.165) is 42.1 Å². The fourth-order valence-electron chi connectivity index (χ4n) is 2.32. The lowest BCUT2D eigenvalue weighted by atomic mass is 10.1. The number of nitrogens with one attached hydrogen (secondary N) is 2. The molecule has 6 nitrogen and oxygen atoms in total. The number of aliphatic imine (C=N–C) groups is 1. The van der Waals surface area contributed by atoms with Crippen LogP contribution in [0.4, 0.5) is 5.13 Å². The zero-order chi connectivity index (χ0) is 19.6. The molecule has 2 N–H and O–H groups in total. The molecule has 1 aromatic carbocycles. The average molecular weight is 517 g/mol. The third kappa shape index (κ3) is 8.64. The zero-order valence-electron chi connectivity index (χ0n) is 17.4. The quantitative estimate of drug-likeness (QED) is 0.301. The van der Waals surface area contributed by atoms with Crippen molar-refractivity contribution in [3.05, 3.63) is 40.9 Å². The van der Waals surface area contributed by atoms with Crippen molar-refractivity contribution in [1.82, 2.24) is 15.6 Å². The van der Waals surface area contributed by atoms with Crippen LogP contribution in [0.15, 0.2) is 34.6 Å². The summed E-state index contributed by atoms with van der Waals surface area (Å²) in [6.45, 7) is 6.52. The summed E-state index contributed by atoms with van der Waals surface area (Å²) in [6, 6.07) is 8.31. The third-order valence-electron chi connectivity index (χ3n) is 3.80. The summed E-state index contributed by atoms with van der Waals surface area (Å²) < 4.78 is 5.72. The highest BCUT2D eigenvalue weighted by molar-refractivity contribution is 14.0. The predicted molar refractivity (Wildman–Crippen MR) is 131 cm³/mol. The van der Waals surface area contributed by atoms with Crippen LogP contribution in [0, 0.1) is 5.92 Å². The second-order valence-corrected chi connectivity index (χ2v) is 7.80. The van der Waals surface area contributed by atoms with Gasteiger partial charge in [-0.1, -0.05) is 26.0 Å². The van der Waals surface area contributed by atoms with Crippen LogP contribution in [0.3, 0.4) is 0 Å². The summed E-state index contributed by atoms with van der Waals surface area (Å²) >= 11 is 1.64. The second kappa shape index (κ2) is 12.8. The van der Waals surface area contributed by atoms with Crippen molar-refractivity contribution in [2.24, 2.45) is 10.9 Å². The van der Waals surface area contributed by atoms with Gasteiger partial charge in [0.05, 0.1) is 18.8 Å². The van der Waals surface area contributed by atoms with Crippen molar-refractivity contribution < 1.29 is 4.74 Å². The van der Waals surface area contributed by atoms with Gasteiger partial charge in [0, 0.05) is 33.1 Å². The van der Waals surface area contributed by atoms with Crippen molar-refractivity contribution in [3.63, 3.8) is 0 Å². The van der Waals surface area contributed by atoms with Crippen molar-refractivity contribution in [3.8, 4) is 5.75 Å². The molecule has 28 heavy (non-hydrogen) atoms. The summed E-state index contributed by atoms with van der Waals surface area (Å²) in [5.74, 6) is 2.25. The van der Waals surface area contributed by atoms with E-state index in [0.29, 0.717) is 12.5 Å². The zero-order valence-corrected chi connectivity index (χ0v) is 20.5. The van der Waals surface area contributed by atoms with Crippen LogP contribution in [0.1, 0.15) is 25.1 Å². The molecule has 0 aliphatic rings. The molecule has 0 saturated carbocycles. The molecule has 0 bridgehead atoms. The van der Waals surface area contributed by atoms with Gasteiger partial charge in [-0.05, 0) is 30.0 Å². The minimum Gasteiger partial charge on any atom is -0.493 e. The first kappa shape index (κ1) is 24.5. The number of anilines is 1. The maximum absolute atomic E-state index is 5.72. The predicted octanol–water partition coefficient (Wildman–Crippen LogP) is 3.77. The van der Waals surface area contributed by atoms with Crippen LogP contribution in [0.5, 0.6) is 5.75 Å². The smallest absolute Gasteiger partial charge is 0.191 e. The number of guanidine groups is 1. The molecular weight excluding hydrogens is 485 g/mol. The van der Waals surface area contributed by atoms with Gasteiger partial charge in [-0.2, -0.15) is 0 Å². The highest BCUT2D eigenvalue weighted by Gasteiger charge is 2.05. The largest absolute Gasteiger partial charge is 0.493 e. The van der Waals surface area contributed by atoms with Gasteiger partial charge in [-0.3, -0.25) is 4.99 Å². The molecule has 2 aromatic rings. The molecule has 0 aliphatic carbocycles. The topological polar surface area (TPSA) is 61.8 Å². The molecule has 0 radical (unpaired) electrons. The van der Waals surface area contributed by atoms with E-state index >= 15 is 0 Å². The molecule has 8 heteroatoms. The normalized spacial score (nSPS) is 11.1. The monoisotopic (exact) mass is 517 g/mol. The first-order valence-corrected chi connectivity index (χ1v) is 10.1. The number of aromatic nitrogens is 1. The van der Waals surface area contributed by atoms with Crippen LogP contribution in [0.25, 0.3) is 0 Å². The maximum Gasteiger partial charge on any atom is 0.191 e. The summed E-state index contributed by atoms with van der Waals surface area (Å²) in [5, 5.41) is 9.73. The Morgan fingerprint density at radius 3 is 2.50 bits per heavy atom. The van der Waals surface area contributed by atoms with E-state index in [9.17, 15) is 0 Å². The molecule has 2 rings (SSSR count). The lowest BCUT2D eigenvalue weighted by Gasteiger charge is -2.12. The van der Waals surface area contributed by atoms with Crippen LogP contribution in [-0.4, -0.2) is 45.2 Å².